The first-order valence-corrected chi connectivity index (χ1v) is 5.83. The third-order valence-electron chi connectivity index (χ3n) is 3.49. The highest BCUT2D eigenvalue weighted by molar-refractivity contribution is 5.11. The molecule has 0 saturated heterocycles. The van der Waals surface area contributed by atoms with Crippen LogP contribution in [0, 0.1) is 6.92 Å². The summed E-state index contributed by atoms with van der Waals surface area (Å²) in [6, 6.07) is 0.607. The van der Waals surface area contributed by atoms with Crippen molar-refractivity contribution in [2.45, 2.75) is 58.0 Å². The number of aromatic nitrogens is 3. The van der Waals surface area contributed by atoms with Crippen LogP contribution < -0.4 is 5.73 Å². The van der Waals surface area contributed by atoms with Gasteiger partial charge in [-0.1, -0.05) is 13.8 Å². The van der Waals surface area contributed by atoms with E-state index in [1.54, 1.807) is 0 Å². The van der Waals surface area contributed by atoms with Crippen LogP contribution in [0.5, 0.6) is 0 Å². The van der Waals surface area contributed by atoms with Gasteiger partial charge in [-0.05, 0) is 32.6 Å². The molecule has 0 unspecified atom stereocenters. The summed E-state index contributed by atoms with van der Waals surface area (Å²) in [5.41, 5.74) is 6.07. The minimum atomic E-state index is -0.302. The van der Waals surface area contributed by atoms with Crippen LogP contribution in [-0.4, -0.2) is 14.8 Å². The zero-order valence-corrected chi connectivity index (χ0v) is 9.82. The Morgan fingerprint density at radius 3 is 2.40 bits per heavy atom. The van der Waals surface area contributed by atoms with Crippen LogP contribution >= 0.6 is 0 Å². The average molecular weight is 208 g/mol. The minimum absolute atomic E-state index is 0.302. The van der Waals surface area contributed by atoms with E-state index in [2.05, 4.69) is 28.6 Å². The lowest BCUT2D eigenvalue weighted by Crippen LogP contribution is -2.38. The molecule has 1 saturated carbocycles. The molecule has 84 valence electrons. The Balaban J connectivity index is 2.42. The first-order valence-electron chi connectivity index (χ1n) is 5.83. The van der Waals surface area contributed by atoms with E-state index in [1.807, 2.05) is 6.92 Å². The fourth-order valence-corrected chi connectivity index (χ4v) is 2.04. The van der Waals surface area contributed by atoms with Gasteiger partial charge in [-0.2, -0.15) is 0 Å². The number of hydrogen-bond acceptors (Lipinski definition) is 3. The van der Waals surface area contributed by atoms with Gasteiger partial charge in [-0.15, -0.1) is 10.2 Å². The van der Waals surface area contributed by atoms with Gasteiger partial charge in [0.25, 0.3) is 0 Å². The van der Waals surface area contributed by atoms with E-state index in [0.717, 1.165) is 24.5 Å². The van der Waals surface area contributed by atoms with Gasteiger partial charge in [-0.25, -0.2) is 0 Å². The molecule has 1 aromatic heterocycles. The lowest BCUT2D eigenvalue weighted by Gasteiger charge is -2.26. The molecule has 1 fully saturated rings. The molecule has 0 aromatic carbocycles. The third-order valence-corrected chi connectivity index (χ3v) is 3.49. The third kappa shape index (κ3) is 1.67. The average Bonchev–Trinajstić information content (AvgIpc) is 3.01. The Morgan fingerprint density at radius 1 is 1.33 bits per heavy atom. The highest BCUT2D eigenvalue weighted by atomic mass is 15.3. The summed E-state index contributed by atoms with van der Waals surface area (Å²) < 4.78 is 2.24. The number of hydrogen-bond donors (Lipinski definition) is 1. The quantitative estimate of drug-likeness (QED) is 0.822. The maximum Gasteiger partial charge on any atom is 0.153 e. The molecule has 15 heavy (non-hydrogen) atoms. The van der Waals surface area contributed by atoms with E-state index in [9.17, 15) is 0 Å². The Bertz CT molecular complexity index is 347. The Kier molecular flexibility index (Phi) is 2.54. The first kappa shape index (κ1) is 10.6. The van der Waals surface area contributed by atoms with Crippen LogP contribution in [0.1, 0.15) is 57.2 Å². The lowest BCUT2D eigenvalue weighted by atomic mass is 9.93. The molecule has 1 aromatic rings. The summed E-state index contributed by atoms with van der Waals surface area (Å²) in [6.07, 6.45) is 4.31. The zero-order valence-electron chi connectivity index (χ0n) is 9.82. The van der Waals surface area contributed by atoms with Crippen molar-refractivity contribution < 1.29 is 0 Å². The van der Waals surface area contributed by atoms with Crippen LogP contribution in [0.2, 0.25) is 0 Å². The van der Waals surface area contributed by atoms with Gasteiger partial charge < -0.3 is 10.3 Å². The predicted octanol–water partition coefficient (Wildman–Crippen LogP) is 1.90. The fourth-order valence-electron chi connectivity index (χ4n) is 2.04. The van der Waals surface area contributed by atoms with E-state index >= 15 is 0 Å². The minimum Gasteiger partial charge on any atom is -0.319 e. The van der Waals surface area contributed by atoms with E-state index in [-0.39, 0.29) is 5.54 Å². The Morgan fingerprint density at radius 2 is 1.93 bits per heavy atom. The number of rotatable bonds is 4. The second kappa shape index (κ2) is 3.59. The van der Waals surface area contributed by atoms with Gasteiger partial charge in [0.2, 0.25) is 0 Å². The fraction of sp³-hybridized carbons (Fsp3) is 0.818. The van der Waals surface area contributed by atoms with Crippen LogP contribution in [0.4, 0.5) is 0 Å². The van der Waals surface area contributed by atoms with E-state index in [0.29, 0.717) is 6.04 Å². The standard InChI is InChI=1S/C11H20N4/c1-4-11(12,5-2)10-14-13-8(3)15(10)9-6-7-9/h9H,4-7,12H2,1-3H3. The maximum absolute atomic E-state index is 6.37. The SMILES string of the molecule is CCC(N)(CC)c1nnc(C)n1C1CC1. The maximum atomic E-state index is 6.37. The summed E-state index contributed by atoms with van der Waals surface area (Å²) >= 11 is 0. The molecular weight excluding hydrogens is 188 g/mol. The van der Waals surface area contributed by atoms with Crippen molar-refractivity contribution in [3.63, 3.8) is 0 Å². The van der Waals surface area contributed by atoms with Crippen molar-refractivity contribution in [2.75, 3.05) is 0 Å². The van der Waals surface area contributed by atoms with Gasteiger partial charge in [-0.3, -0.25) is 0 Å². The normalized spacial score (nSPS) is 17.1. The summed E-state index contributed by atoms with van der Waals surface area (Å²) in [7, 11) is 0. The molecule has 0 spiro atoms. The molecule has 0 radical (unpaired) electrons. The smallest absolute Gasteiger partial charge is 0.153 e. The molecule has 0 atom stereocenters. The summed E-state index contributed by atoms with van der Waals surface area (Å²) in [6.45, 7) is 6.25. The van der Waals surface area contributed by atoms with E-state index < -0.39 is 0 Å². The highest BCUT2D eigenvalue weighted by Crippen LogP contribution is 2.39. The van der Waals surface area contributed by atoms with Crippen LogP contribution in [0.3, 0.4) is 0 Å². The zero-order chi connectivity index (χ0) is 11.1. The van der Waals surface area contributed by atoms with Gasteiger partial charge in [0.1, 0.15) is 5.82 Å². The topological polar surface area (TPSA) is 56.7 Å². The van der Waals surface area contributed by atoms with Crippen LogP contribution in [0.15, 0.2) is 0 Å². The van der Waals surface area contributed by atoms with Crippen molar-refractivity contribution >= 4 is 0 Å². The summed E-state index contributed by atoms with van der Waals surface area (Å²) in [5, 5.41) is 8.45. The molecule has 2 rings (SSSR count). The molecular formula is C11H20N4. The highest BCUT2D eigenvalue weighted by Gasteiger charge is 2.35. The van der Waals surface area contributed by atoms with Crippen molar-refractivity contribution in [3.05, 3.63) is 11.6 Å². The molecule has 4 nitrogen and oxygen atoms in total. The summed E-state index contributed by atoms with van der Waals surface area (Å²) in [4.78, 5) is 0. The number of nitrogens with two attached hydrogens (primary N) is 1. The van der Waals surface area contributed by atoms with Gasteiger partial charge in [0.15, 0.2) is 5.82 Å². The molecule has 0 aliphatic heterocycles. The number of aryl methyl sites for hydroxylation is 1. The second-order valence-corrected chi connectivity index (χ2v) is 4.54. The van der Waals surface area contributed by atoms with Crippen molar-refractivity contribution in [3.8, 4) is 0 Å². The second-order valence-electron chi connectivity index (χ2n) is 4.54. The summed E-state index contributed by atoms with van der Waals surface area (Å²) in [5.74, 6) is 1.98. The molecule has 0 bridgehead atoms. The van der Waals surface area contributed by atoms with Crippen LogP contribution in [-0.2, 0) is 5.54 Å². The molecule has 1 aliphatic carbocycles. The molecule has 0 amide bonds. The Labute approximate surface area is 90.9 Å². The van der Waals surface area contributed by atoms with E-state index in [1.165, 1.54) is 12.8 Å². The largest absolute Gasteiger partial charge is 0.319 e. The van der Waals surface area contributed by atoms with Gasteiger partial charge in [0.05, 0.1) is 5.54 Å². The van der Waals surface area contributed by atoms with Gasteiger partial charge in [0, 0.05) is 6.04 Å². The lowest BCUT2D eigenvalue weighted by molar-refractivity contribution is 0.367. The number of nitrogens with zero attached hydrogens (tertiary/aromatic N) is 3. The van der Waals surface area contributed by atoms with Crippen molar-refractivity contribution in [2.24, 2.45) is 5.73 Å². The van der Waals surface area contributed by atoms with Crippen molar-refractivity contribution in [1.29, 1.82) is 0 Å². The van der Waals surface area contributed by atoms with Gasteiger partial charge >= 0.3 is 0 Å². The molecule has 4 heteroatoms. The molecule has 1 aliphatic rings. The predicted molar refractivity (Wildman–Crippen MR) is 59.5 cm³/mol. The monoisotopic (exact) mass is 208 g/mol. The molecule has 2 N–H and O–H groups in total. The van der Waals surface area contributed by atoms with Crippen LogP contribution in [0.25, 0.3) is 0 Å². The molecule has 1 heterocycles. The Hall–Kier alpha value is -0.900. The van der Waals surface area contributed by atoms with E-state index in [4.69, 9.17) is 5.73 Å². The van der Waals surface area contributed by atoms with Crippen molar-refractivity contribution in [1.82, 2.24) is 14.8 Å². The first-order chi connectivity index (χ1) is 7.12.